The molecular weight excluding hydrogens is 251 g/mol. The predicted molar refractivity (Wildman–Crippen MR) is 79.5 cm³/mol. The standard InChI is InChI=1S/C18H19FO/c1-12-6-13(2)8-15(7-12)10-18(20)11-16-4-5-17(19)9-14(16)3/h4-9H,10-11H2,1-3H3. The van der Waals surface area contributed by atoms with Crippen LogP contribution in [0.5, 0.6) is 0 Å². The maximum absolute atomic E-state index is 13.0. The van der Waals surface area contributed by atoms with Gasteiger partial charge in [-0.05, 0) is 49.6 Å². The first-order valence-corrected chi connectivity index (χ1v) is 6.78. The molecule has 2 rings (SSSR count). The second-order valence-corrected chi connectivity index (χ2v) is 5.46. The molecule has 0 aliphatic rings. The van der Waals surface area contributed by atoms with Crippen LogP contribution in [-0.2, 0) is 17.6 Å². The van der Waals surface area contributed by atoms with E-state index in [-0.39, 0.29) is 11.6 Å². The van der Waals surface area contributed by atoms with Crippen LogP contribution in [0.2, 0.25) is 0 Å². The van der Waals surface area contributed by atoms with Crippen molar-refractivity contribution in [1.29, 1.82) is 0 Å². The highest BCUT2D eigenvalue weighted by atomic mass is 19.1. The Morgan fingerprint density at radius 1 is 0.950 bits per heavy atom. The molecule has 0 amide bonds. The number of ketones is 1. The average molecular weight is 270 g/mol. The first kappa shape index (κ1) is 14.4. The maximum Gasteiger partial charge on any atom is 0.141 e. The summed E-state index contributed by atoms with van der Waals surface area (Å²) < 4.78 is 13.0. The zero-order chi connectivity index (χ0) is 14.7. The van der Waals surface area contributed by atoms with Gasteiger partial charge in [0.05, 0.1) is 0 Å². The van der Waals surface area contributed by atoms with E-state index < -0.39 is 0 Å². The van der Waals surface area contributed by atoms with Gasteiger partial charge in [0, 0.05) is 12.8 Å². The minimum atomic E-state index is -0.256. The summed E-state index contributed by atoms with van der Waals surface area (Å²) in [6, 6.07) is 10.8. The SMILES string of the molecule is Cc1cc(C)cc(CC(=O)Cc2ccc(F)cc2C)c1. The monoisotopic (exact) mass is 270 g/mol. The molecule has 0 radical (unpaired) electrons. The lowest BCUT2D eigenvalue weighted by molar-refractivity contribution is -0.117. The lowest BCUT2D eigenvalue weighted by Gasteiger charge is -2.07. The summed E-state index contributed by atoms with van der Waals surface area (Å²) in [5.74, 6) is -0.0993. The van der Waals surface area contributed by atoms with E-state index in [4.69, 9.17) is 0 Å². The average Bonchev–Trinajstić information content (AvgIpc) is 2.31. The smallest absolute Gasteiger partial charge is 0.141 e. The number of carbonyl (C=O) groups is 1. The van der Waals surface area contributed by atoms with Crippen molar-refractivity contribution in [3.8, 4) is 0 Å². The number of benzene rings is 2. The van der Waals surface area contributed by atoms with E-state index in [9.17, 15) is 9.18 Å². The van der Waals surface area contributed by atoms with Crippen LogP contribution in [0, 0.1) is 26.6 Å². The Bertz CT molecular complexity index is 624. The highest BCUT2D eigenvalue weighted by Crippen LogP contribution is 2.14. The maximum atomic E-state index is 13.0. The fraction of sp³-hybridized carbons (Fsp3) is 0.278. The molecule has 20 heavy (non-hydrogen) atoms. The molecule has 0 atom stereocenters. The quantitative estimate of drug-likeness (QED) is 0.817. The number of carbonyl (C=O) groups excluding carboxylic acids is 1. The summed E-state index contributed by atoms with van der Waals surface area (Å²) in [5, 5.41) is 0. The second-order valence-electron chi connectivity index (χ2n) is 5.46. The molecule has 0 N–H and O–H groups in total. The third-order valence-corrected chi connectivity index (χ3v) is 3.38. The van der Waals surface area contributed by atoms with Crippen molar-refractivity contribution in [2.24, 2.45) is 0 Å². The summed E-state index contributed by atoms with van der Waals surface area (Å²) in [7, 11) is 0. The van der Waals surface area contributed by atoms with Gasteiger partial charge in [0.1, 0.15) is 11.6 Å². The molecule has 0 bridgehead atoms. The van der Waals surface area contributed by atoms with E-state index in [1.807, 2.05) is 32.9 Å². The highest BCUT2D eigenvalue weighted by Gasteiger charge is 2.08. The number of hydrogen-bond donors (Lipinski definition) is 0. The fourth-order valence-corrected chi connectivity index (χ4v) is 2.53. The Hall–Kier alpha value is -1.96. The van der Waals surface area contributed by atoms with Crippen molar-refractivity contribution in [2.75, 3.05) is 0 Å². The molecule has 0 aliphatic heterocycles. The molecular formula is C18H19FO. The van der Waals surface area contributed by atoms with E-state index in [0.29, 0.717) is 12.8 Å². The highest BCUT2D eigenvalue weighted by molar-refractivity contribution is 5.83. The van der Waals surface area contributed by atoms with Crippen LogP contribution >= 0.6 is 0 Å². The summed E-state index contributed by atoms with van der Waals surface area (Å²) in [4.78, 5) is 12.1. The van der Waals surface area contributed by atoms with Crippen molar-refractivity contribution < 1.29 is 9.18 Å². The van der Waals surface area contributed by atoms with Gasteiger partial charge in [0.25, 0.3) is 0 Å². The van der Waals surface area contributed by atoms with Gasteiger partial charge in [0.15, 0.2) is 0 Å². The number of aryl methyl sites for hydroxylation is 3. The molecule has 0 spiro atoms. The number of hydrogen-bond acceptors (Lipinski definition) is 1. The third kappa shape index (κ3) is 3.77. The van der Waals surface area contributed by atoms with Crippen LogP contribution in [-0.4, -0.2) is 5.78 Å². The van der Waals surface area contributed by atoms with E-state index in [2.05, 4.69) is 6.07 Å². The van der Waals surface area contributed by atoms with Crippen molar-refractivity contribution in [3.63, 3.8) is 0 Å². The molecule has 0 saturated carbocycles. The van der Waals surface area contributed by atoms with Gasteiger partial charge < -0.3 is 0 Å². The Morgan fingerprint density at radius 3 is 2.20 bits per heavy atom. The molecule has 1 nitrogen and oxygen atoms in total. The van der Waals surface area contributed by atoms with Gasteiger partial charge in [-0.3, -0.25) is 4.79 Å². The molecule has 2 aromatic carbocycles. The predicted octanol–water partition coefficient (Wildman–Crippen LogP) is 4.11. The van der Waals surface area contributed by atoms with Gasteiger partial charge in [-0.15, -0.1) is 0 Å². The summed E-state index contributed by atoms with van der Waals surface area (Å²) >= 11 is 0. The first-order valence-electron chi connectivity index (χ1n) is 6.78. The molecule has 0 saturated heterocycles. The number of halogens is 1. The molecule has 2 aromatic rings. The van der Waals surface area contributed by atoms with Crippen molar-refractivity contribution in [1.82, 2.24) is 0 Å². The van der Waals surface area contributed by atoms with Crippen LogP contribution in [0.4, 0.5) is 4.39 Å². The van der Waals surface area contributed by atoms with Crippen LogP contribution in [0.3, 0.4) is 0 Å². The molecule has 0 heterocycles. The van der Waals surface area contributed by atoms with Crippen LogP contribution in [0.25, 0.3) is 0 Å². The Balaban J connectivity index is 2.09. The molecule has 0 aromatic heterocycles. The van der Waals surface area contributed by atoms with E-state index in [1.165, 1.54) is 23.3 Å². The van der Waals surface area contributed by atoms with Crippen LogP contribution < -0.4 is 0 Å². The van der Waals surface area contributed by atoms with Gasteiger partial charge in [-0.1, -0.05) is 35.4 Å². The summed E-state index contributed by atoms with van der Waals surface area (Å²) in [5.41, 5.74) is 5.13. The summed E-state index contributed by atoms with van der Waals surface area (Å²) in [6.07, 6.45) is 0.790. The zero-order valence-electron chi connectivity index (χ0n) is 12.2. The molecule has 0 unspecified atom stereocenters. The largest absolute Gasteiger partial charge is 0.299 e. The fourth-order valence-electron chi connectivity index (χ4n) is 2.53. The lowest BCUT2D eigenvalue weighted by Crippen LogP contribution is -2.08. The minimum absolute atomic E-state index is 0.157. The molecule has 2 heteroatoms. The summed E-state index contributed by atoms with van der Waals surface area (Å²) in [6.45, 7) is 5.90. The van der Waals surface area contributed by atoms with Gasteiger partial charge in [-0.25, -0.2) is 4.39 Å². The number of rotatable bonds is 4. The topological polar surface area (TPSA) is 17.1 Å². The lowest BCUT2D eigenvalue weighted by atomic mass is 9.98. The van der Waals surface area contributed by atoms with Crippen LogP contribution in [0.15, 0.2) is 36.4 Å². The molecule has 0 fully saturated rings. The van der Waals surface area contributed by atoms with E-state index in [1.54, 1.807) is 6.07 Å². The Kier molecular flexibility index (Phi) is 4.33. The Morgan fingerprint density at radius 2 is 1.60 bits per heavy atom. The minimum Gasteiger partial charge on any atom is -0.299 e. The number of Topliss-reactive ketones (excluding diaryl/α,β-unsaturated/α-hetero) is 1. The second kappa shape index (κ2) is 6.00. The van der Waals surface area contributed by atoms with Gasteiger partial charge in [-0.2, -0.15) is 0 Å². The third-order valence-electron chi connectivity index (χ3n) is 3.38. The van der Waals surface area contributed by atoms with Crippen molar-refractivity contribution in [2.45, 2.75) is 33.6 Å². The zero-order valence-corrected chi connectivity index (χ0v) is 12.2. The first-order chi connectivity index (χ1) is 9.44. The van der Waals surface area contributed by atoms with Gasteiger partial charge in [0.2, 0.25) is 0 Å². The Labute approximate surface area is 119 Å². The van der Waals surface area contributed by atoms with Gasteiger partial charge >= 0.3 is 0 Å². The van der Waals surface area contributed by atoms with E-state index in [0.717, 1.165) is 16.7 Å². The van der Waals surface area contributed by atoms with Crippen LogP contribution in [0.1, 0.15) is 27.8 Å². The molecule has 104 valence electrons. The normalized spacial score (nSPS) is 10.6. The van der Waals surface area contributed by atoms with Crippen molar-refractivity contribution in [3.05, 3.63) is 70.0 Å². The van der Waals surface area contributed by atoms with E-state index >= 15 is 0 Å². The van der Waals surface area contributed by atoms with Crippen molar-refractivity contribution >= 4 is 5.78 Å². The molecule has 0 aliphatic carbocycles.